The third kappa shape index (κ3) is 5.55. The SMILES string of the molecule is COCc1cc2c(cc1COC)C(=O)C(Cl)(CC1CCN(Cc3ccccc3)CC1)C2.Cl. The fourth-order valence-electron chi connectivity index (χ4n) is 5.11. The van der Waals surface area contributed by atoms with Crippen molar-refractivity contribution in [1.29, 1.82) is 0 Å². The first kappa shape index (κ1) is 25.2. The normalized spacial score (nSPS) is 21.4. The molecule has 0 spiro atoms. The molecule has 1 atom stereocenters. The van der Waals surface area contributed by atoms with Crippen molar-refractivity contribution in [2.24, 2.45) is 5.92 Å². The smallest absolute Gasteiger partial charge is 0.184 e. The highest BCUT2D eigenvalue weighted by molar-refractivity contribution is 6.39. The van der Waals surface area contributed by atoms with Gasteiger partial charge in [-0.15, -0.1) is 24.0 Å². The molecule has 1 aliphatic carbocycles. The lowest BCUT2D eigenvalue weighted by atomic mass is 9.84. The summed E-state index contributed by atoms with van der Waals surface area (Å²) in [5.41, 5.74) is 5.25. The van der Waals surface area contributed by atoms with Gasteiger partial charge in [0.1, 0.15) is 4.87 Å². The van der Waals surface area contributed by atoms with Crippen molar-refractivity contribution >= 4 is 29.8 Å². The van der Waals surface area contributed by atoms with Crippen molar-refractivity contribution in [2.75, 3.05) is 27.3 Å². The lowest BCUT2D eigenvalue weighted by Crippen LogP contribution is -2.38. The van der Waals surface area contributed by atoms with Crippen LogP contribution in [0, 0.1) is 5.92 Å². The molecule has 1 saturated heterocycles. The molecule has 0 radical (unpaired) electrons. The van der Waals surface area contributed by atoms with Gasteiger partial charge in [-0.25, -0.2) is 0 Å². The highest BCUT2D eigenvalue weighted by atomic mass is 35.5. The number of carbonyl (C=O) groups excluding carboxylic acids is 1. The summed E-state index contributed by atoms with van der Waals surface area (Å²) in [6.07, 6.45) is 3.54. The fraction of sp³-hybridized carbons (Fsp3) is 0.500. The molecule has 1 fully saturated rings. The molecule has 2 aromatic rings. The van der Waals surface area contributed by atoms with Crippen LogP contribution >= 0.6 is 24.0 Å². The summed E-state index contributed by atoms with van der Waals surface area (Å²) in [6, 6.07) is 14.7. The van der Waals surface area contributed by atoms with Crippen LogP contribution in [0.2, 0.25) is 0 Å². The van der Waals surface area contributed by atoms with E-state index in [-0.39, 0.29) is 18.2 Å². The van der Waals surface area contributed by atoms with E-state index in [9.17, 15) is 4.79 Å². The molecule has 2 aromatic carbocycles. The lowest BCUT2D eigenvalue weighted by Gasteiger charge is -2.34. The summed E-state index contributed by atoms with van der Waals surface area (Å²) in [5, 5.41) is 0. The maximum Gasteiger partial charge on any atom is 0.184 e. The molecule has 0 bridgehead atoms. The van der Waals surface area contributed by atoms with E-state index in [1.54, 1.807) is 14.2 Å². The van der Waals surface area contributed by atoms with Gasteiger partial charge in [0.25, 0.3) is 0 Å². The third-order valence-electron chi connectivity index (χ3n) is 6.72. The minimum Gasteiger partial charge on any atom is -0.380 e. The van der Waals surface area contributed by atoms with Gasteiger partial charge in [-0.2, -0.15) is 0 Å². The maximum absolute atomic E-state index is 13.3. The van der Waals surface area contributed by atoms with Crippen LogP contribution in [0.4, 0.5) is 0 Å². The largest absolute Gasteiger partial charge is 0.380 e. The fourth-order valence-corrected chi connectivity index (χ4v) is 5.58. The van der Waals surface area contributed by atoms with Crippen LogP contribution in [-0.2, 0) is 35.7 Å². The molecule has 1 heterocycles. The summed E-state index contributed by atoms with van der Waals surface area (Å²) in [7, 11) is 3.35. The first-order valence-electron chi connectivity index (χ1n) is 11.1. The Balaban J connectivity index is 0.00000289. The monoisotopic (exact) mass is 477 g/mol. The highest BCUT2D eigenvalue weighted by Crippen LogP contribution is 2.42. The molecule has 2 aliphatic rings. The number of fused-ring (bicyclic) bond motifs is 1. The molecule has 0 saturated carbocycles. The van der Waals surface area contributed by atoms with Gasteiger partial charge in [-0.3, -0.25) is 9.69 Å². The molecular formula is C26H33Cl2NO3. The van der Waals surface area contributed by atoms with E-state index >= 15 is 0 Å². The van der Waals surface area contributed by atoms with Crippen molar-refractivity contribution in [1.82, 2.24) is 4.90 Å². The van der Waals surface area contributed by atoms with Crippen LogP contribution in [-0.4, -0.2) is 42.9 Å². The van der Waals surface area contributed by atoms with Crippen LogP contribution in [0.3, 0.4) is 0 Å². The first-order valence-corrected chi connectivity index (χ1v) is 11.5. The highest BCUT2D eigenvalue weighted by Gasteiger charge is 2.45. The molecule has 0 amide bonds. The molecule has 174 valence electrons. The van der Waals surface area contributed by atoms with Crippen molar-refractivity contribution in [3.05, 3.63) is 70.3 Å². The number of Topliss-reactive ketones (excluding diaryl/α,β-unsaturated/α-hetero) is 1. The Morgan fingerprint density at radius 3 is 2.28 bits per heavy atom. The number of benzene rings is 2. The minimum absolute atomic E-state index is 0. The van der Waals surface area contributed by atoms with Crippen molar-refractivity contribution in [3.8, 4) is 0 Å². The number of hydrogen-bond donors (Lipinski definition) is 0. The number of likely N-dealkylation sites (tertiary alicyclic amines) is 1. The number of halogens is 2. The van der Waals surface area contributed by atoms with E-state index in [1.807, 2.05) is 6.07 Å². The number of rotatable bonds is 8. The second kappa shape index (κ2) is 11.1. The molecule has 0 aromatic heterocycles. The Hall–Kier alpha value is -1.43. The zero-order valence-electron chi connectivity index (χ0n) is 18.9. The minimum atomic E-state index is -0.815. The van der Waals surface area contributed by atoms with Crippen LogP contribution in [0.5, 0.6) is 0 Å². The number of hydrogen-bond acceptors (Lipinski definition) is 4. The number of piperidine rings is 1. The van der Waals surface area contributed by atoms with Crippen LogP contribution < -0.4 is 0 Å². The van der Waals surface area contributed by atoms with Gasteiger partial charge >= 0.3 is 0 Å². The molecule has 4 rings (SSSR count). The molecule has 32 heavy (non-hydrogen) atoms. The average Bonchev–Trinajstić information content (AvgIpc) is 3.00. The number of ether oxygens (including phenoxy) is 2. The molecule has 4 nitrogen and oxygen atoms in total. The second-order valence-corrected chi connectivity index (χ2v) is 9.75. The number of nitrogens with zero attached hydrogens (tertiary/aromatic N) is 1. The van der Waals surface area contributed by atoms with Gasteiger partial charge in [-0.1, -0.05) is 36.4 Å². The van der Waals surface area contributed by atoms with Crippen molar-refractivity contribution < 1.29 is 14.3 Å². The number of carbonyl (C=O) groups is 1. The van der Waals surface area contributed by atoms with Crippen molar-refractivity contribution in [2.45, 2.75) is 50.3 Å². The predicted molar refractivity (Wildman–Crippen MR) is 131 cm³/mol. The first-order chi connectivity index (χ1) is 15.0. The Labute approximate surface area is 202 Å². The average molecular weight is 478 g/mol. The summed E-state index contributed by atoms with van der Waals surface area (Å²) in [4.78, 5) is 15.0. The Kier molecular flexibility index (Phi) is 8.76. The standard InChI is InChI=1S/C26H32ClNO3.ClH/c1-30-17-22-12-21-15-26(27,25(29)24(21)13-23(22)18-31-2)14-19-8-10-28(11-9-19)16-20-6-4-3-5-7-20;/h3-7,12-13,19H,8-11,14-18H2,1-2H3;1H. The van der Waals surface area contributed by atoms with Gasteiger partial charge in [0.05, 0.1) is 13.2 Å². The van der Waals surface area contributed by atoms with Crippen LogP contribution in [0.25, 0.3) is 0 Å². The number of ketones is 1. The van der Waals surface area contributed by atoms with Gasteiger partial charge < -0.3 is 9.47 Å². The van der Waals surface area contributed by atoms with E-state index in [1.165, 1.54) is 5.56 Å². The van der Waals surface area contributed by atoms with Crippen molar-refractivity contribution in [3.63, 3.8) is 0 Å². The molecule has 1 aliphatic heterocycles. The van der Waals surface area contributed by atoms with E-state index in [2.05, 4.69) is 41.3 Å². The molecule has 0 N–H and O–H groups in total. The van der Waals surface area contributed by atoms with Crippen LogP contribution in [0.15, 0.2) is 42.5 Å². The quantitative estimate of drug-likeness (QED) is 0.475. The van der Waals surface area contributed by atoms with Gasteiger partial charge in [-0.05, 0) is 73.0 Å². The molecule has 6 heteroatoms. The number of methoxy groups -OCH3 is 2. The summed E-state index contributed by atoms with van der Waals surface area (Å²) in [5.74, 6) is 0.567. The van der Waals surface area contributed by atoms with E-state index in [0.717, 1.165) is 61.2 Å². The van der Waals surface area contributed by atoms with Gasteiger partial charge in [0.15, 0.2) is 5.78 Å². The topological polar surface area (TPSA) is 38.8 Å². The van der Waals surface area contributed by atoms with E-state index in [4.69, 9.17) is 21.1 Å². The lowest BCUT2D eigenvalue weighted by molar-refractivity contribution is 0.0919. The van der Waals surface area contributed by atoms with E-state index < -0.39 is 4.87 Å². The summed E-state index contributed by atoms with van der Waals surface area (Å²) in [6.45, 7) is 4.09. The Morgan fingerprint density at radius 2 is 1.66 bits per heavy atom. The summed E-state index contributed by atoms with van der Waals surface area (Å²) < 4.78 is 10.7. The Bertz CT molecular complexity index is 913. The second-order valence-electron chi connectivity index (χ2n) is 9.02. The zero-order chi connectivity index (χ0) is 21.8. The van der Waals surface area contributed by atoms with Gasteiger partial charge in [0, 0.05) is 26.3 Å². The summed E-state index contributed by atoms with van der Waals surface area (Å²) >= 11 is 7.02. The zero-order valence-corrected chi connectivity index (χ0v) is 20.5. The van der Waals surface area contributed by atoms with E-state index in [0.29, 0.717) is 25.6 Å². The third-order valence-corrected chi connectivity index (χ3v) is 7.18. The molecule has 1 unspecified atom stereocenters. The number of alkyl halides is 1. The van der Waals surface area contributed by atoms with Gasteiger partial charge in [0.2, 0.25) is 0 Å². The maximum atomic E-state index is 13.3. The predicted octanol–water partition coefficient (Wildman–Crippen LogP) is 5.42. The van der Waals surface area contributed by atoms with Crippen LogP contribution in [0.1, 0.15) is 51.9 Å². The Morgan fingerprint density at radius 1 is 1.03 bits per heavy atom. The molecular weight excluding hydrogens is 445 g/mol.